The number of para-hydroxylation sites is 1. The van der Waals surface area contributed by atoms with Crippen molar-refractivity contribution in [3.63, 3.8) is 0 Å². The van der Waals surface area contributed by atoms with Crippen LogP contribution < -0.4 is 4.90 Å². The average Bonchev–Trinajstić information content (AvgIpc) is 2.38. The lowest BCUT2D eigenvalue weighted by molar-refractivity contribution is 0.688. The Kier molecular flexibility index (Phi) is 6.73. The third-order valence-electron chi connectivity index (χ3n) is 2.76. The van der Waals surface area contributed by atoms with Gasteiger partial charge in [-0.1, -0.05) is 38.0 Å². The van der Waals surface area contributed by atoms with E-state index in [1.165, 1.54) is 19.3 Å². The highest BCUT2D eigenvalue weighted by Gasteiger charge is 2.07. The molecule has 0 radical (unpaired) electrons. The number of hydrogen-bond acceptors (Lipinski definition) is 2. The van der Waals surface area contributed by atoms with Crippen molar-refractivity contribution in [3.8, 4) is 0 Å². The van der Waals surface area contributed by atoms with Gasteiger partial charge >= 0.3 is 0 Å². The van der Waals surface area contributed by atoms with Gasteiger partial charge in [0.2, 0.25) is 0 Å². The van der Waals surface area contributed by atoms with E-state index in [2.05, 4.69) is 6.92 Å². The number of anilines is 1. The highest BCUT2D eigenvalue weighted by atomic mass is 32.2. The van der Waals surface area contributed by atoms with Gasteiger partial charge in [-0.3, -0.25) is 0 Å². The largest absolute Gasteiger partial charge is 0.377 e. The normalized spacial score (nSPS) is 12.8. The molecule has 0 heterocycles. The van der Waals surface area contributed by atoms with Crippen LogP contribution in [-0.4, -0.2) is 18.3 Å². The van der Waals surface area contributed by atoms with Gasteiger partial charge in [0.1, 0.15) is 0 Å². The number of unbranched alkanes of at least 4 members (excludes halogenated alkanes) is 3. The molecule has 100 valence electrons. The Bertz CT molecular complexity index is 413. The Morgan fingerprint density at radius 1 is 1.22 bits per heavy atom. The number of nitrogens with zero attached hydrogens (tertiary/aromatic N) is 1. The second-order valence-corrected chi connectivity index (χ2v) is 5.83. The molecule has 1 unspecified atom stereocenters. The fraction of sp³-hybridized carbons (Fsp3) is 0.467. The van der Waals surface area contributed by atoms with Crippen molar-refractivity contribution in [2.75, 3.05) is 19.0 Å². The Labute approximate surface area is 113 Å². The molecule has 0 spiro atoms. The Balaban J connectivity index is 2.66. The molecule has 0 saturated heterocycles. The van der Waals surface area contributed by atoms with E-state index in [4.69, 9.17) is 0 Å². The van der Waals surface area contributed by atoms with Crippen molar-refractivity contribution in [1.29, 1.82) is 0 Å². The fourth-order valence-corrected chi connectivity index (χ4v) is 2.86. The van der Waals surface area contributed by atoms with E-state index in [9.17, 15) is 4.21 Å². The van der Waals surface area contributed by atoms with Crippen LogP contribution in [0.2, 0.25) is 0 Å². The molecule has 0 saturated carbocycles. The van der Waals surface area contributed by atoms with E-state index in [-0.39, 0.29) is 0 Å². The van der Waals surface area contributed by atoms with Gasteiger partial charge in [0.15, 0.2) is 0 Å². The summed E-state index contributed by atoms with van der Waals surface area (Å²) in [6.07, 6.45) is 6.70. The maximum atomic E-state index is 12.2. The lowest BCUT2D eigenvalue weighted by Crippen LogP contribution is -2.11. The van der Waals surface area contributed by atoms with Crippen LogP contribution in [0.5, 0.6) is 0 Å². The monoisotopic (exact) mass is 265 g/mol. The summed E-state index contributed by atoms with van der Waals surface area (Å²) in [5.41, 5.74) is 1.02. The first-order valence-corrected chi connectivity index (χ1v) is 7.71. The molecule has 0 bridgehead atoms. The number of hydrogen-bond donors (Lipinski definition) is 0. The molecule has 18 heavy (non-hydrogen) atoms. The molecular weight excluding hydrogens is 242 g/mol. The lowest BCUT2D eigenvalue weighted by Gasteiger charge is -2.15. The first kappa shape index (κ1) is 15.0. The van der Waals surface area contributed by atoms with Crippen molar-refractivity contribution in [1.82, 2.24) is 0 Å². The van der Waals surface area contributed by atoms with Crippen LogP contribution in [0, 0.1) is 0 Å². The number of benzene rings is 1. The summed E-state index contributed by atoms with van der Waals surface area (Å²) in [4.78, 5) is 2.88. The van der Waals surface area contributed by atoms with Crippen LogP contribution in [0.1, 0.15) is 32.6 Å². The van der Waals surface area contributed by atoms with Crippen LogP contribution in [0.3, 0.4) is 0 Å². The highest BCUT2D eigenvalue weighted by Crippen LogP contribution is 2.22. The van der Waals surface area contributed by atoms with Crippen LogP contribution in [-0.2, 0) is 10.8 Å². The summed E-state index contributed by atoms with van der Waals surface area (Å²) in [5.74, 6) is 0. The standard InChI is InChI=1S/C15H23NOS/c1-4-5-6-7-10-13-18(17)15-12-9-8-11-14(15)16(2)3/h8-13H,4-7H2,1-3H3/b13-10+. The predicted molar refractivity (Wildman–Crippen MR) is 80.5 cm³/mol. The summed E-state index contributed by atoms with van der Waals surface area (Å²) in [6.45, 7) is 2.19. The molecule has 3 heteroatoms. The van der Waals surface area contributed by atoms with Crippen LogP contribution in [0.15, 0.2) is 40.6 Å². The average molecular weight is 265 g/mol. The third-order valence-corrected chi connectivity index (χ3v) is 3.98. The molecular formula is C15H23NOS. The summed E-state index contributed by atoms with van der Waals surface area (Å²) >= 11 is 0. The van der Waals surface area contributed by atoms with E-state index in [1.54, 1.807) is 0 Å². The zero-order valence-electron chi connectivity index (χ0n) is 11.6. The van der Waals surface area contributed by atoms with Gasteiger partial charge in [0, 0.05) is 19.5 Å². The SMILES string of the molecule is CCCCC/C=C/S(=O)c1ccccc1N(C)C. The topological polar surface area (TPSA) is 20.3 Å². The van der Waals surface area contributed by atoms with Gasteiger partial charge in [-0.15, -0.1) is 0 Å². The first-order chi connectivity index (χ1) is 8.66. The molecule has 0 aromatic heterocycles. The van der Waals surface area contributed by atoms with Gasteiger partial charge < -0.3 is 4.90 Å². The highest BCUT2D eigenvalue weighted by molar-refractivity contribution is 7.88. The van der Waals surface area contributed by atoms with Crippen LogP contribution in [0.25, 0.3) is 0 Å². The smallest absolute Gasteiger partial charge is 0.0793 e. The fourth-order valence-electron chi connectivity index (χ4n) is 1.74. The van der Waals surface area contributed by atoms with Gasteiger partial charge in [-0.05, 0) is 25.0 Å². The van der Waals surface area contributed by atoms with E-state index >= 15 is 0 Å². The van der Waals surface area contributed by atoms with Crippen LogP contribution in [0.4, 0.5) is 5.69 Å². The van der Waals surface area contributed by atoms with E-state index in [0.717, 1.165) is 17.0 Å². The van der Waals surface area contributed by atoms with Gasteiger partial charge in [0.25, 0.3) is 0 Å². The molecule has 0 aliphatic heterocycles. The zero-order chi connectivity index (χ0) is 13.4. The molecule has 0 amide bonds. The summed E-state index contributed by atoms with van der Waals surface area (Å²) < 4.78 is 12.2. The molecule has 2 nitrogen and oxygen atoms in total. The van der Waals surface area contributed by atoms with E-state index in [1.807, 2.05) is 54.7 Å². The number of allylic oxidation sites excluding steroid dienone is 1. The molecule has 1 aromatic rings. The van der Waals surface area contributed by atoms with Crippen molar-refractivity contribution in [2.24, 2.45) is 0 Å². The second kappa shape index (κ2) is 8.09. The molecule has 1 rings (SSSR count). The minimum atomic E-state index is -1.04. The van der Waals surface area contributed by atoms with E-state index < -0.39 is 10.8 Å². The summed E-state index contributed by atoms with van der Waals surface area (Å²) in [7, 11) is 2.90. The Morgan fingerprint density at radius 2 is 1.94 bits per heavy atom. The lowest BCUT2D eigenvalue weighted by atomic mass is 10.2. The van der Waals surface area contributed by atoms with Gasteiger partial charge in [-0.2, -0.15) is 0 Å². The molecule has 0 fully saturated rings. The second-order valence-electron chi connectivity index (χ2n) is 4.53. The van der Waals surface area contributed by atoms with Gasteiger partial charge in [-0.25, -0.2) is 4.21 Å². The Morgan fingerprint density at radius 3 is 2.61 bits per heavy atom. The summed E-state index contributed by atoms with van der Waals surface area (Å²) in [5, 5.41) is 1.82. The summed E-state index contributed by atoms with van der Waals surface area (Å²) in [6, 6.07) is 7.84. The van der Waals surface area contributed by atoms with E-state index in [0.29, 0.717) is 0 Å². The minimum Gasteiger partial charge on any atom is -0.377 e. The molecule has 0 aliphatic rings. The van der Waals surface area contributed by atoms with Gasteiger partial charge in [0.05, 0.1) is 21.4 Å². The first-order valence-electron chi connectivity index (χ1n) is 6.50. The third kappa shape index (κ3) is 4.65. The molecule has 1 aromatic carbocycles. The van der Waals surface area contributed by atoms with Crippen molar-refractivity contribution < 1.29 is 4.21 Å². The molecule has 0 aliphatic carbocycles. The van der Waals surface area contributed by atoms with Crippen molar-refractivity contribution >= 4 is 16.5 Å². The van der Waals surface area contributed by atoms with Crippen LogP contribution >= 0.6 is 0 Å². The predicted octanol–water partition coefficient (Wildman–Crippen LogP) is 3.95. The minimum absolute atomic E-state index is 0.884. The quantitative estimate of drug-likeness (QED) is 0.696. The maximum Gasteiger partial charge on any atom is 0.0793 e. The molecule has 0 N–H and O–H groups in total. The van der Waals surface area contributed by atoms with Crippen molar-refractivity contribution in [2.45, 2.75) is 37.5 Å². The number of rotatable bonds is 7. The van der Waals surface area contributed by atoms with Crippen molar-refractivity contribution in [3.05, 3.63) is 35.7 Å². The maximum absolute atomic E-state index is 12.2. The molecule has 1 atom stereocenters. The Hall–Kier alpha value is -1.09. The zero-order valence-corrected chi connectivity index (χ0v) is 12.4.